The van der Waals surface area contributed by atoms with E-state index in [2.05, 4.69) is 10.1 Å². The molecule has 0 saturated carbocycles. The minimum atomic E-state index is -0.699. The van der Waals surface area contributed by atoms with Crippen molar-refractivity contribution in [3.05, 3.63) is 102 Å². The molecule has 3 aromatic heterocycles. The maximum absolute atomic E-state index is 13.9. The summed E-state index contributed by atoms with van der Waals surface area (Å²) in [5.74, 6) is 0.00296. The number of fused-ring (bicyclic) bond motifs is 1. The summed E-state index contributed by atoms with van der Waals surface area (Å²) in [6.45, 7) is 5.26. The van der Waals surface area contributed by atoms with Gasteiger partial charge in [-0.3, -0.25) is 19.5 Å². The summed E-state index contributed by atoms with van der Waals surface area (Å²) in [7, 11) is 0. The summed E-state index contributed by atoms with van der Waals surface area (Å²) in [5, 5.41) is 16.8. The van der Waals surface area contributed by atoms with Crippen LogP contribution in [0, 0.1) is 17.0 Å². The lowest BCUT2D eigenvalue weighted by atomic mass is 9.88. The van der Waals surface area contributed by atoms with Gasteiger partial charge in [0.1, 0.15) is 17.3 Å². The molecule has 1 unspecified atom stereocenters. The molecule has 5 rings (SSSR count). The van der Waals surface area contributed by atoms with Gasteiger partial charge in [-0.2, -0.15) is 4.98 Å². The molecular formula is C26H22N4O7S. The standard InChI is InChI=1S/C26H22N4O7S/c1-4-35-26(32)21-14(2)36-24-23(22(21)20-6-5-11-38-20)25(31)29(15(3)27-24)13-18-12-19(28-37-18)16-7-9-17(10-8-16)30(33)34/h5-12,22H,4,13H2,1-3H3. The largest absolute Gasteiger partial charge is 0.463 e. The van der Waals surface area contributed by atoms with E-state index in [1.165, 1.54) is 28.0 Å². The Morgan fingerprint density at radius 1 is 1.24 bits per heavy atom. The third-order valence-corrected chi connectivity index (χ3v) is 7.07. The normalized spacial score (nSPS) is 14.7. The molecule has 38 heavy (non-hydrogen) atoms. The molecule has 1 aliphatic rings. The van der Waals surface area contributed by atoms with E-state index in [-0.39, 0.29) is 41.4 Å². The van der Waals surface area contributed by atoms with Crippen molar-refractivity contribution in [2.24, 2.45) is 0 Å². The average Bonchev–Trinajstić information content (AvgIpc) is 3.58. The van der Waals surface area contributed by atoms with Crippen molar-refractivity contribution in [1.29, 1.82) is 0 Å². The van der Waals surface area contributed by atoms with Gasteiger partial charge in [0.2, 0.25) is 5.88 Å². The molecule has 0 aliphatic carbocycles. The number of nitro benzene ring substituents is 1. The number of rotatable bonds is 7. The van der Waals surface area contributed by atoms with Crippen LogP contribution >= 0.6 is 11.3 Å². The fourth-order valence-corrected chi connectivity index (χ4v) is 5.20. The zero-order chi connectivity index (χ0) is 27.0. The van der Waals surface area contributed by atoms with E-state index < -0.39 is 16.8 Å². The first kappa shape index (κ1) is 25.1. The Bertz CT molecular complexity index is 1620. The predicted molar refractivity (Wildman–Crippen MR) is 137 cm³/mol. The summed E-state index contributed by atoms with van der Waals surface area (Å²) in [6.07, 6.45) is 0. The number of benzene rings is 1. The van der Waals surface area contributed by atoms with Crippen molar-refractivity contribution in [1.82, 2.24) is 14.7 Å². The Hall–Kier alpha value is -4.58. The average molecular weight is 535 g/mol. The molecule has 11 nitrogen and oxygen atoms in total. The highest BCUT2D eigenvalue weighted by atomic mass is 32.1. The number of ether oxygens (including phenoxy) is 2. The number of carbonyl (C=O) groups is 1. The van der Waals surface area contributed by atoms with Crippen molar-refractivity contribution in [2.75, 3.05) is 6.61 Å². The van der Waals surface area contributed by atoms with Gasteiger partial charge in [0, 0.05) is 28.6 Å². The van der Waals surface area contributed by atoms with Crippen molar-refractivity contribution < 1.29 is 23.7 Å². The summed E-state index contributed by atoms with van der Waals surface area (Å²) >= 11 is 1.42. The van der Waals surface area contributed by atoms with Crippen molar-refractivity contribution in [3.8, 4) is 17.1 Å². The van der Waals surface area contributed by atoms with Gasteiger partial charge in [0.25, 0.3) is 11.2 Å². The molecule has 0 saturated heterocycles. The molecule has 12 heteroatoms. The molecule has 4 heterocycles. The summed E-state index contributed by atoms with van der Waals surface area (Å²) in [5.41, 5.74) is 1.18. The van der Waals surface area contributed by atoms with Crippen molar-refractivity contribution >= 4 is 23.0 Å². The van der Waals surface area contributed by atoms with E-state index in [1.54, 1.807) is 39.0 Å². The quantitative estimate of drug-likeness (QED) is 0.189. The fraction of sp³-hybridized carbons (Fsp3) is 0.231. The fourth-order valence-electron chi connectivity index (χ4n) is 4.35. The molecular weight excluding hydrogens is 512 g/mol. The highest BCUT2D eigenvalue weighted by Gasteiger charge is 2.39. The summed E-state index contributed by atoms with van der Waals surface area (Å²) in [6, 6.07) is 11.3. The monoisotopic (exact) mass is 534 g/mol. The number of nitro groups is 1. The summed E-state index contributed by atoms with van der Waals surface area (Å²) < 4.78 is 18.1. The number of aromatic nitrogens is 3. The number of hydrogen-bond donors (Lipinski definition) is 0. The molecule has 0 amide bonds. The van der Waals surface area contributed by atoms with Crippen LogP contribution < -0.4 is 10.3 Å². The lowest BCUT2D eigenvalue weighted by Crippen LogP contribution is -2.34. The second-order valence-corrected chi connectivity index (χ2v) is 9.47. The lowest BCUT2D eigenvalue weighted by molar-refractivity contribution is -0.384. The number of carbonyl (C=O) groups excluding carboxylic acids is 1. The molecule has 194 valence electrons. The smallest absolute Gasteiger partial charge is 0.338 e. The number of non-ortho nitro benzene ring substituents is 1. The maximum atomic E-state index is 13.9. The highest BCUT2D eigenvalue weighted by molar-refractivity contribution is 7.10. The van der Waals surface area contributed by atoms with Crippen LogP contribution in [-0.2, 0) is 16.1 Å². The first-order valence-electron chi connectivity index (χ1n) is 11.7. The Balaban J connectivity index is 1.54. The van der Waals surface area contributed by atoms with Crippen LogP contribution in [0.4, 0.5) is 5.69 Å². The van der Waals surface area contributed by atoms with Gasteiger partial charge in [-0.1, -0.05) is 11.2 Å². The molecule has 0 fully saturated rings. The van der Waals surface area contributed by atoms with E-state index >= 15 is 0 Å². The number of hydrogen-bond acceptors (Lipinski definition) is 10. The SMILES string of the molecule is CCOC(=O)C1=C(C)Oc2nc(C)n(Cc3cc(-c4ccc([N+](=O)[O-])cc4)no3)c(=O)c2C1c1cccs1. The first-order chi connectivity index (χ1) is 18.3. The second-order valence-electron chi connectivity index (χ2n) is 8.49. The number of allylic oxidation sites excluding steroid dienone is 1. The van der Waals surface area contributed by atoms with E-state index in [4.69, 9.17) is 14.0 Å². The van der Waals surface area contributed by atoms with Crippen LogP contribution in [0.15, 0.2) is 68.5 Å². The predicted octanol–water partition coefficient (Wildman–Crippen LogP) is 4.59. The molecule has 0 N–H and O–H groups in total. The third kappa shape index (κ3) is 4.50. The minimum Gasteiger partial charge on any atom is -0.463 e. The molecule has 1 aromatic carbocycles. The Kier molecular flexibility index (Phi) is 6.64. The van der Waals surface area contributed by atoms with Crippen LogP contribution in [0.1, 0.15) is 41.8 Å². The molecule has 1 atom stereocenters. The third-order valence-electron chi connectivity index (χ3n) is 6.14. The molecule has 0 bridgehead atoms. The van der Waals surface area contributed by atoms with Gasteiger partial charge < -0.3 is 14.0 Å². The molecule has 4 aromatic rings. The Morgan fingerprint density at radius 2 is 2.00 bits per heavy atom. The van der Waals surface area contributed by atoms with Crippen molar-refractivity contribution in [2.45, 2.75) is 33.2 Å². The molecule has 0 spiro atoms. The van der Waals surface area contributed by atoms with E-state index in [0.29, 0.717) is 28.6 Å². The van der Waals surface area contributed by atoms with Gasteiger partial charge in [0.15, 0.2) is 5.76 Å². The van der Waals surface area contributed by atoms with Crippen LogP contribution in [0.3, 0.4) is 0 Å². The Labute approximate surface area is 220 Å². The number of thiophene rings is 1. The van der Waals surface area contributed by atoms with Gasteiger partial charge in [0.05, 0.1) is 35.1 Å². The second kappa shape index (κ2) is 10.1. The zero-order valence-corrected chi connectivity index (χ0v) is 21.5. The van der Waals surface area contributed by atoms with Gasteiger partial charge >= 0.3 is 5.97 Å². The van der Waals surface area contributed by atoms with E-state index in [9.17, 15) is 19.7 Å². The van der Waals surface area contributed by atoms with Crippen LogP contribution in [-0.4, -0.2) is 32.2 Å². The highest BCUT2D eigenvalue weighted by Crippen LogP contribution is 2.42. The van der Waals surface area contributed by atoms with Gasteiger partial charge in [-0.25, -0.2) is 4.79 Å². The topological polar surface area (TPSA) is 140 Å². The maximum Gasteiger partial charge on any atom is 0.338 e. The summed E-state index contributed by atoms with van der Waals surface area (Å²) in [4.78, 5) is 42.6. The molecule has 1 aliphatic heterocycles. The van der Waals surface area contributed by atoms with E-state index in [1.807, 2.05) is 17.5 Å². The molecule has 0 radical (unpaired) electrons. The number of esters is 1. The van der Waals surface area contributed by atoms with E-state index in [0.717, 1.165) is 4.88 Å². The zero-order valence-electron chi connectivity index (χ0n) is 20.7. The van der Waals surface area contributed by atoms with Crippen molar-refractivity contribution in [3.63, 3.8) is 0 Å². The lowest BCUT2D eigenvalue weighted by Gasteiger charge is -2.27. The first-order valence-corrected chi connectivity index (χ1v) is 12.6. The van der Waals surface area contributed by atoms with Gasteiger partial charge in [-0.05, 0) is 44.4 Å². The van der Waals surface area contributed by atoms with Gasteiger partial charge in [-0.15, -0.1) is 11.3 Å². The van der Waals surface area contributed by atoms with Crippen LogP contribution in [0.5, 0.6) is 5.88 Å². The van der Waals surface area contributed by atoms with Crippen LogP contribution in [0.25, 0.3) is 11.3 Å². The number of aryl methyl sites for hydroxylation is 1. The number of nitrogens with zero attached hydrogens (tertiary/aromatic N) is 4. The Morgan fingerprint density at radius 3 is 2.66 bits per heavy atom. The van der Waals surface area contributed by atoms with Crippen LogP contribution in [0.2, 0.25) is 0 Å². The minimum absolute atomic E-state index is 0.0273.